The molecule has 0 radical (unpaired) electrons. The smallest absolute Gasteiger partial charge is 0.194 e. The van der Waals surface area contributed by atoms with E-state index in [0.29, 0.717) is 6.54 Å². The molecule has 0 aliphatic carbocycles. The molecular weight excluding hydrogens is 407 g/mol. The Balaban J connectivity index is 0.00000264. The summed E-state index contributed by atoms with van der Waals surface area (Å²) in [5.74, 6) is 3.51. The number of rotatable bonds is 5. The van der Waals surface area contributed by atoms with Crippen LogP contribution < -0.4 is 5.32 Å². The molecule has 0 aliphatic heterocycles. The monoisotopic (exact) mass is 432 g/mol. The molecule has 0 fully saturated rings. The molecule has 0 aromatic carbocycles. The van der Waals surface area contributed by atoms with Crippen molar-refractivity contribution in [2.75, 3.05) is 13.6 Å². The fraction of sp³-hybridized carbons (Fsp3) is 0.533. The molecule has 0 atom stereocenters. The fourth-order valence-corrected chi connectivity index (χ4v) is 2.11. The zero-order chi connectivity index (χ0) is 16.1. The minimum Gasteiger partial charge on any atom is -0.469 e. The maximum Gasteiger partial charge on any atom is 0.194 e. The molecule has 1 N–H and O–H groups in total. The average molecular weight is 432 g/mol. The zero-order valence-corrected chi connectivity index (χ0v) is 16.7. The Hall–Kier alpha value is -1.58. The molecule has 23 heavy (non-hydrogen) atoms. The minimum absolute atomic E-state index is 0. The van der Waals surface area contributed by atoms with Crippen LogP contribution in [0.2, 0.25) is 0 Å². The molecule has 0 amide bonds. The summed E-state index contributed by atoms with van der Waals surface area (Å²) in [6, 6.07) is 1.99. The van der Waals surface area contributed by atoms with E-state index in [1.165, 1.54) is 0 Å². The lowest BCUT2D eigenvalue weighted by Gasteiger charge is -2.21. The van der Waals surface area contributed by atoms with Crippen LogP contribution in [0.4, 0.5) is 0 Å². The van der Waals surface area contributed by atoms with Gasteiger partial charge >= 0.3 is 0 Å². The zero-order valence-electron chi connectivity index (χ0n) is 14.3. The van der Waals surface area contributed by atoms with E-state index >= 15 is 0 Å². The van der Waals surface area contributed by atoms with E-state index in [1.54, 1.807) is 6.26 Å². The van der Waals surface area contributed by atoms with Gasteiger partial charge in [-0.3, -0.25) is 0 Å². The first-order valence-corrected chi connectivity index (χ1v) is 7.40. The molecule has 0 saturated heterocycles. The highest BCUT2D eigenvalue weighted by Crippen LogP contribution is 2.11. The van der Waals surface area contributed by atoms with E-state index < -0.39 is 0 Å². The van der Waals surface area contributed by atoms with E-state index in [-0.39, 0.29) is 24.0 Å². The third-order valence-electron chi connectivity index (χ3n) is 3.62. The third-order valence-corrected chi connectivity index (χ3v) is 3.62. The summed E-state index contributed by atoms with van der Waals surface area (Å²) in [4.78, 5) is 6.72. The number of halogens is 1. The Kier molecular flexibility index (Phi) is 7.53. The van der Waals surface area contributed by atoms with Crippen LogP contribution in [-0.2, 0) is 20.1 Å². The number of aromatic nitrogens is 3. The summed E-state index contributed by atoms with van der Waals surface area (Å²) in [6.45, 7) is 8.00. The van der Waals surface area contributed by atoms with Crippen molar-refractivity contribution in [2.45, 2.75) is 33.9 Å². The summed E-state index contributed by atoms with van der Waals surface area (Å²) in [6.07, 6.45) is 1.71. The Bertz CT molecular complexity index is 648. The number of hydrogen-bond acceptors (Lipinski definition) is 4. The Morgan fingerprint density at radius 2 is 2.13 bits per heavy atom. The van der Waals surface area contributed by atoms with Crippen LogP contribution in [0.3, 0.4) is 0 Å². The maximum absolute atomic E-state index is 5.34. The van der Waals surface area contributed by atoms with Gasteiger partial charge in [-0.15, -0.1) is 34.2 Å². The SMILES string of the molecule is CCNC(=NCc1nnc(C)n1C)N(C)Cc1ccoc1C.I. The first-order valence-electron chi connectivity index (χ1n) is 7.40. The van der Waals surface area contributed by atoms with Gasteiger partial charge in [0.15, 0.2) is 11.8 Å². The fourth-order valence-electron chi connectivity index (χ4n) is 2.11. The topological polar surface area (TPSA) is 71.5 Å². The van der Waals surface area contributed by atoms with Crippen LogP contribution in [0.15, 0.2) is 21.7 Å². The molecule has 2 aromatic heterocycles. The molecular formula is C15H25IN6O. The summed E-state index contributed by atoms with van der Waals surface area (Å²) < 4.78 is 7.30. The van der Waals surface area contributed by atoms with Crippen molar-refractivity contribution in [1.29, 1.82) is 0 Å². The van der Waals surface area contributed by atoms with Gasteiger partial charge in [-0.25, -0.2) is 4.99 Å². The number of furan rings is 1. The summed E-state index contributed by atoms with van der Waals surface area (Å²) in [7, 11) is 3.96. The Morgan fingerprint density at radius 3 is 2.65 bits per heavy atom. The molecule has 0 spiro atoms. The largest absolute Gasteiger partial charge is 0.469 e. The van der Waals surface area contributed by atoms with Gasteiger partial charge in [0.1, 0.15) is 18.1 Å². The second-order valence-corrected chi connectivity index (χ2v) is 5.25. The first-order chi connectivity index (χ1) is 10.5. The van der Waals surface area contributed by atoms with Gasteiger partial charge in [0.25, 0.3) is 0 Å². The molecule has 8 heteroatoms. The van der Waals surface area contributed by atoms with Crippen molar-refractivity contribution in [2.24, 2.45) is 12.0 Å². The van der Waals surface area contributed by atoms with Gasteiger partial charge in [-0.2, -0.15) is 0 Å². The predicted molar refractivity (Wildman–Crippen MR) is 101 cm³/mol. The number of nitrogens with one attached hydrogen (secondary N) is 1. The van der Waals surface area contributed by atoms with Crippen molar-refractivity contribution in [3.63, 3.8) is 0 Å². The summed E-state index contributed by atoms with van der Waals surface area (Å²) in [5, 5.41) is 11.5. The number of aryl methyl sites for hydroxylation is 2. The molecule has 2 aromatic rings. The highest BCUT2D eigenvalue weighted by molar-refractivity contribution is 14.0. The first kappa shape index (κ1) is 19.5. The number of guanidine groups is 1. The molecule has 0 saturated carbocycles. The van der Waals surface area contributed by atoms with Gasteiger partial charge in [0.05, 0.1) is 6.26 Å². The van der Waals surface area contributed by atoms with Crippen LogP contribution in [0.5, 0.6) is 0 Å². The van der Waals surface area contributed by atoms with E-state index in [1.807, 2.05) is 38.6 Å². The van der Waals surface area contributed by atoms with Crippen molar-refractivity contribution in [3.05, 3.63) is 35.3 Å². The van der Waals surface area contributed by atoms with E-state index in [2.05, 4.69) is 32.3 Å². The standard InChI is InChI=1S/C15H24N6O.HI/c1-6-16-15(17-9-14-19-18-12(3)21(14)5)20(4)10-13-7-8-22-11(13)2;/h7-8H,6,9-10H2,1-5H3,(H,16,17);1H. The molecule has 2 rings (SSSR count). The minimum atomic E-state index is 0. The Labute approximate surface area is 154 Å². The second kappa shape index (κ2) is 8.90. The highest BCUT2D eigenvalue weighted by Gasteiger charge is 2.11. The van der Waals surface area contributed by atoms with Crippen LogP contribution in [0.25, 0.3) is 0 Å². The molecule has 0 bridgehead atoms. The molecule has 0 unspecified atom stereocenters. The van der Waals surface area contributed by atoms with Crippen molar-refractivity contribution in [3.8, 4) is 0 Å². The van der Waals surface area contributed by atoms with Crippen LogP contribution in [-0.4, -0.2) is 39.2 Å². The molecule has 7 nitrogen and oxygen atoms in total. The van der Waals surface area contributed by atoms with Crippen LogP contribution in [0.1, 0.15) is 29.9 Å². The lowest BCUT2D eigenvalue weighted by atomic mass is 10.2. The predicted octanol–water partition coefficient (Wildman–Crippen LogP) is 2.24. The molecule has 0 aliphatic rings. The third kappa shape index (κ3) is 4.95. The van der Waals surface area contributed by atoms with Crippen molar-refractivity contribution in [1.82, 2.24) is 25.0 Å². The normalized spacial score (nSPS) is 11.3. The average Bonchev–Trinajstić information content (AvgIpc) is 3.03. The van der Waals surface area contributed by atoms with Crippen LogP contribution in [0, 0.1) is 13.8 Å². The van der Waals surface area contributed by atoms with Crippen LogP contribution >= 0.6 is 24.0 Å². The molecule has 2 heterocycles. The van der Waals surface area contributed by atoms with Crippen molar-refractivity contribution < 1.29 is 4.42 Å². The van der Waals surface area contributed by atoms with Gasteiger partial charge in [0, 0.05) is 32.7 Å². The summed E-state index contributed by atoms with van der Waals surface area (Å²) in [5.41, 5.74) is 1.16. The molecule has 128 valence electrons. The summed E-state index contributed by atoms with van der Waals surface area (Å²) >= 11 is 0. The number of nitrogens with zero attached hydrogens (tertiary/aromatic N) is 5. The maximum atomic E-state index is 5.34. The van der Waals surface area contributed by atoms with E-state index in [0.717, 1.165) is 42.0 Å². The number of aliphatic imine (C=N–C) groups is 1. The van der Waals surface area contributed by atoms with Gasteiger partial charge in [-0.1, -0.05) is 0 Å². The quantitative estimate of drug-likeness (QED) is 0.446. The lowest BCUT2D eigenvalue weighted by molar-refractivity contribution is 0.463. The highest BCUT2D eigenvalue weighted by atomic mass is 127. The van der Waals surface area contributed by atoms with E-state index in [9.17, 15) is 0 Å². The van der Waals surface area contributed by atoms with Crippen molar-refractivity contribution >= 4 is 29.9 Å². The number of hydrogen-bond donors (Lipinski definition) is 1. The van der Waals surface area contributed by atoms with Gasteiger partial charge < -0.3 is 19.2 Å². The van der Waals surface area contributed by atoms with Gasteiger partial charge in [-0.05, 0) is 26.8 Å². The van der Waals surface area contributed by atoms with Gasteiger partial charge in [0.2, 0.25) is 0 Å². The lowest BCUT2D eigenvalue weighted by Crippen LogP contribution is -2.38. The second-order valence-electron chi connectivity index (χ2n) is 5.25. The van der Waals surface area contributed by atoms with E-state index in [4.69, 9.17) is 4.42 Å². The Morgan fingerprint density at radius 1 is 1.39 bits per heavy atom.